The maximum Gasteiger partial charge on any atom is 0.265 e. The zero-order valence-electron chi connectivity index (χ0n) is 13.5. The minimum absolute atomic E-state index is 0.181. The van der Waals surface area contributed by atoms with Gasteiger partial charge in [-0.25, -0.2) is 8.42 Å². The van der Waals surface area contributed by atoms with Crippen molar-refractivity contribution in [3.63, 3.8) is 0 Å². The fourth-order valence-corrected chi connectivity index (χ4v) is 3.62. The summed E-state index contributed by atoms with van der Waals surface area (Å²) in [6.45, 7) is 4.78. The molecule has 2 heterocycles. The lowest BCUT2D eigenvalue weighted by atomic mass is 10.2. The van der Waals surface area contributed by atoms with Crippen LogP contribution < -0.4 is 4.72 Å². The van der Waals surface area contributed by atoms with Gasteiger partial charge in [-0.05, 0) is 19.4 Å². The van der Waals surface area contributed by atoms with Gasteiger partial charge in [-0.3, -0.25) is 14.1 Å². The molecule has 0 saturated heterocycles. The summed E-state index contributed by atoms with van der Waals surface area (Å²) in [4.78, 5) is 0.181. The second kappa shape index (κ2) is 6.48. The number of hydrogen-bond donors (Lipinski definition) is 1. The van der Waals surface area contributed by atoms with Crippen LogP contribution in [0, 0.1) is 6.92 Å². The number of sulfonamides is 1. The lowest BCUT2D eigenvalue weighted by molar-refractivity contribution is 0.600. The quantitative estimate of drug-likeness (QED) is 0.743. The van der Waals surface area contributed by atoms with Crippen LogP contribution in [0.25, 0.3) is 0 Å². The number of aryl methyl sites for hydroxylation is 2. The molecule has 0 aliphatic carbocycles. The summed E-state index contributed by atoms with van der Waals surface area (Å²) in [5.41, 5.74) is 1.99. The normalized spacial score (nSPS) is 11.6. The minimum atomic E-state index is -3.68. The van der Waals surface area contributed by atoms with Crippen molar-refractivity contribution >= 4 is 15.7 Å². The molecule has 0 unspecified atom stereocenters. The van der Waals surface area contributed by atoms with Crippen LogP contribution in [0.5, 0.6) is 0 Å². The molecule has 7 nitrogen and oxygen atoms in total. The van der Waals surface area contributed by atoms with Crippen LogP contribution in [0.15, 0.2) is 53.8 Å². The number of nitrogens with one attached hydrogen (secondary N) is 1. The number of benzene rings is 1. The predicted molar refractivity (Wildman–Crippen MR) is 91.2 cm³/mol. The van der Waals surface area contributed by atoms with Crippen molar-refractivity contribution in [1.29, 1.82) is 0 Å². The highest BCUT2D eigenvalue weighted by atomic mass is 32.2. The van der Waals surface area contributed by atoms with Gasteiger partial charge in [-0.2, -0.15) is 10.2 Å². The van der Waals surface area contributed by atoms with Crippen molar-refractivity contribution in [1.82, 2.24) is 19.6 Å². The molecule has 1 aromatic carbocycles. The highest BCUT2D eigenvalue weighted by Gasteiger charge is 2.20. The lowest BCUT2D eigenvalue weighted by Crippen LogP contribution is -2.13. The Bertz CT molecular complexity index is 929. The molecule has 0 atom stereocenters. The van der Waals surface area contributed by atoms with Gasteiger partial charge in [0.15, 0.2) is 0 Å². The zero-order valence-corrected chi connectivity index (χ0v) is 14.4. The number of anilines is 1. The predicted octanol–water partition coefficient (Wildman–Crippen LogP) is 2.26. The summed E-state index contributed by atoms with van der Waals surface area (Å²) in [6.07, 6.45) is 4.70. The third-order valence-corrected chi connectivity index (χ3v) is 5.07. The van der Waals surface area contributed by atoms with Crippen LogP contribution in [0.1, 0.15) is 18.2 Å². The van der Waals surface area contributed by atoms with E-state index in [-0.39, 0.29) is 4.90 Å². The van der Waals surface area contributed by atoms with Crippen LogP contribution in [0.3, 0.4) is 0 Å². The molecule has 126 valence electrons. The number of hydrogen-bond acceptors (Lipinski definition) is 4. The van der Waals surface area contributed by atoms with Gasteiger partial charge in [0.25, 0.3) is 10.0 Å². The van der Waals surface area contributed by atoms with E-state index in [0.717, 1.165) is 5.56 Å². The van der Waals surface area contributed by atoms with Crippen molar-refractivity contribution in [3.05, 3.63) is 60.2 Å². The Balaban J connectivity index is 1.77. The molecule has 24 heavy (non-hydrogen) atoms. The van der Waals surface area contributed by atoms with E-state index < -0.39 is 10.0 Å². The van der Waals surface area contributed by atoms with Gasteiger partial charge >= 0.3 is 0 Å². The van der Waals surface area contributed by atoms with E-state index in [1.165, 1.54) is 12.4 Å². The maximum absolute atomic E-state index is 12.5. The fourth-order valence-electron chi connectivity index (χ4n) is 2.41. The molecule has 0 aliphatic rings. The van der Waals surface area contributed by atoms with E-state index >= 15 is 0 Å². The lowest BCUT2D eigenvalue weighted by Gasteiger charge is -2.04. The summed E-state index contributed by atoms with van der Waals surface area (Å²) in [7, 11) is -3.68. The van der Waals surface area contributed by atoms with E-state index in [2.05, 4.69) is 14.9 Å². The molecule has 3 aromatic rings. The van der Waals surface area contributed by atoms with E-state index in [9.17, 15) is 8.42 Å². The summed E-state index contributed by atoms with van der Waals surface area (Å²) in [5, 5.41) is 8.38. The maximum atomic E-state index is 12.5. The van der Waals surface area contributed by atoms with E-state index in [1.807, 2.05) is 37.3 Å². The molecule has 0 fully saturated rings. The van der Waals surface area contributed by atoms with Gasteiger partial charge in [-0.1, -0.05) is 30.3 Å². The first-order valence-corrected chi connectivity index (χ1v) is 9.09. The first-order chi connectivity index (χ1) is 11.5. The first kappa shape index (κ1) is 16.3. The standard InChI is InChI=1S/C16H19N5O2S/c1-3-20-12-16(13(2)18-20)24(22,23)19-15-9-17-21(11-15)10-14-7-5-4-6-8-14/h4-9,11-12,19H,3,10H2,1-2H3. The second-order valence-electron chi connectivity index (χ2n) is 5.45. The number of rotatable bonds is 6. The molecular formula is C16H19N5O2S. The third kappa shape index (κ3) is 3.48. The van der Waals surface area contributed by atoms with Crippen molar-refractivity contribution in [2.45, 2.75) is 31.8 Å². The smallest absolute Gasteiger partial charge is 0.265 e. The fraction of sp³-hybridized carbons (Fsp3) is 0.250. The number of aromatic nitrogens is 4. The first-order valence-electron chi connectivity index (χ1n) is 7.61. The monoisotopic (exact) mass is 345 g/mol. The Hall–Kier alpha value is -2.61. The highest BCUT2D eigenvalue weighted by Crippen LogP contribution is 2.18. The van der Waals surface area contributed by atoms with Gasteiger partial charge < -0.3 is 0 Å². The molecule has 3 rings (SSSR count). The van der Waals surface area contributed by atoms with Crippen molar-refractivity contribution in [2.24, 2.45) is 0 Å². The van der Waals surface area contributed by atoms with Crippen molar-refractivity contribution < 1.29 is 8.42 Å². The summed E-state index contributed by atoms with van der Waals surface area (Å²) >= 11 is 0. The van der Waals surface area contributed by atoms with E-state index in [0.29, 0.717) is 24.5 Å². The van der Waals surface area contributed by atoms with Gasteiger partial charge in [0.2, 0.25) is 0 Å². The molecular weight excluding hydrogens is 326 g/mol. The number of nitrogens with zero attached hydrogens (tertiary/aromatic N) is 4. The summed E-state index contributed by atoms with van der Waals surface area (Å²) in [5.74, 6) is 0. The van der Waals surface area contributed by atoms with Crippen LogP contribution in [0.4, 0.5) is 5.69 Å². The highest BCUT2D eigenvalue weighted by molar-refractivity contribution is 7.92. The minimum Gasteiger partial charge on any atom is -0.276 e. The zero-order chi connectivity index (χ0) is 17.2. The largest absolute Gasteiger partial charge is 0.276 e. The molecule has 0 radical (unpaired) electrons. The average molecular weight is 345 g/mol. The molecule has 0 spiro atoms. The van der Waals surface area contributed by atoms with Crippen molar-refractivity contribution in [3.8, 4) is 0 Å². The second-order valence-corrected chi connectivity index (χ2v) is 7.10. The Kier molecular flexibility index (Phi) is 4.39. The average Bonchev–Trinajstić information content (AvgIpc) is 3.14. The molecule has 2 aromatic heterocycles. The topological polar surface area (TPSA) is 81.8 Å². The van der Waals surface area contributed by atoms with Crippen LogP contribution in [0.2, 0.25) is 0 Å². The van der Waals surface area contributed by atoms with Crippen LogP contribution >= 0.6 is 0 Å². The summed E-state index contributed by atoms with van der Waals surface area (Å²) < 4.78 is 30.9. The molecule has 8 heteroatoms. The van der Waals surface area contributed by atoms with Gasteiger partial charge in [0, 0.05) is 18.9 Å². The Morgan fingerprint density at radius 1 is 1.12 bits per heavy atom. The molecule has 1 N–H and O–H groups in total. The Labute approximate surface area is 141 Å². The van der Waals surface area contributed by atoms with Crippen molar-refractivity contribution in [2.75, 3.05) is 4.72 Å². The molecule has 0 aliphatic heterocycles. The van der Waals surface area contributed by atoms with Crippen LogP contribution in [-0.2, 0) is 23.1 Å². The Morgan fingerprint density at radius 3 is 2.54 bits per heavy atom. The molecule has 0 amide bonds. The van der Waals surface area contributed by atoms with Gasteiger partial charge in [0.1, 0.15) is 4.90 Å². The molecule has 0 bridgehead atoms. The molecule has 0 saturated carbocycles. The van der Waals surface area contributed by atoms with Gasteiger partial charge in [-0.15, -0.1) is 0 Å². The van der Waals surface area contributed by atoms with Gasteiger partial charge in [0.05, 0.1) is 24.1 Å². The third-order valence-electron chi connectivity index (χ3n) is 3.59. The SMILES string of the molecule is CCn1cc(S(=O)(=O)Nc2cnn(Cc3ccccc3)c2)c(C)n1. The van der Waals surface area contributed by atoms with Crippen LogP contribution in [-0.4, -0.2) is 28.0 Å². The van der Waals surface area contributed by atoms with E-state index in [1.54, 1.807) is 22.5 Å². The summed E-state index contributed by atoms with van der Waals surface area (Å²) in [6, 6.07) is 9.85. The Morgan fingerprint density at radius 2 is 1.88 bits per heavy atom. The van der Waals surface area contributed by atoms with E-state index in [4.69, 9.17) is 0 Å².